The van der Waals surface area contributed by atoms with E-state index >= 15 is 0 Å². The topological polar surface area (TPSA) is 84.2 Å². The Kier molecular flexibility index (Phi) is 7.27. The van der Waals surface area contributed by atoms with Crippen molar-refractivity contribution in [3.63, 3.8) is 0 Å². The van der Waals surface area contributed by atoms with Gasteiger partial charge in [-0.05, 0) is 31.5 Å². The molecule has 0 fully saturated rings. The van der Waals surface area contributed by atoms with E-state index in [4.69, 9.17) is 5.73 Å². The van der Waals surface area contributed by atoms with Gasteiger partial charge in [0.25, 0.3) is 5.91 Å². The molecule has 0 aliphatic carbocycles. The Morgan fingerprint density at radius 1 is 1.00 bits per heavy atom. The molecule has 1 rings (SSSR count). The molecule has 5 heteroatoms. The highest BCUT2D eigenvalue weighted by Crippen LogP contribution is 1.98. The third-order valence-corrected chi connectivity index (χ3v) is 2.61. The van der Waals surface area contributed by atoms with Crippen LogP contribution in [0, 0.1) is 0 Å². The molecule has 0 unspecified atom stereocenters. The highest BCUT2D eigenvalue weighted by atomic mass is 16.2. The summed E-state index contributed by atoms with van der Waals surface area (Å²) in [7, 11) is 0. The average Bonchev–Trinajstić information content (AvgIpc) is 2.44. The smallest absolute Gasteiger partial charge is 0.251 e. The van der Waals surface area contributed by atoms with Gasteiger partial charge in [-0.25, -0.2) is 0 Å². The lowest BCUT2D eigenvalue weighted by Gasteiger charge is -2.06. The van der Waals surface area contributed by atoms with Crippen molar-refractivity contribution in [3.8, 4) is 0 Å². The van der Waals surface area contributed by atoms with Gasteiger partial charge in [-0.15, -0.1) is 0 Å². The number of carbonyl (C=O) groups is 2. The number of rotatable bonds is 8. The summed E-state index contributed by atoms with van der Waals surface area (Å²) in [5, 5.41) is 5.55. The molecule has 0 aliphatic rings. The molecule has 0 aromatic heterocycles. The van der Waals surface area contributed by atoms with Gasteiger partial charge in [0.2, 0.25) is 5.91 Å². The third-order valence-electron chi connectivity index (χ3n) is 2.61. The fourth-order valence-corrected chi connectivity index (χ4v) is 1.56. The Labute approximate surface area is 113 Å². The van der Waals surface area contributed by atoms with Gasteiger partial charge >= 0.3 is 0 Å². The molecule has 19 heavy (non-hydrogen) atoms. The van der Waals surface area contributed by atoms with Crippen LogP contribution in [0.3, 0.4) is 0 Å². The summed E-state index contributed by atoms with van der Waals surface area (Å²) >= 11 is 0. The minimum Gasteiger partial charge on any atom is -0.356 e. The van der Waals surface area contributed by atoms with Gasteiger partial charge in [0.05, 0.1) is 0 Å². The van der Waals surface area contributed by atoms with E-state index in [1.807, 2.05) is 18.2 Å². The molecule has 0 atom stereocenters. The van der Waals surface area contributed by atoms with E-state index in [-0.39, 0.29) is 11.8 Å². The van der Waals surface area contributed by atoms with E-state index < -0.39 is 0 Å². The van der Waals surface area contributed by atoms with Crippen LogP contribution in [0.15, 0.2) is 30.3 Å². The molecule has 2 amide bonds. The van der Waals surface area contributed by atoms with Crippen LogP contribution in [0.4, 0.5) is 0 Å². The second-order valence-corrected chi connectivity index (χ2v) is 4.22. The quantitative estimate of drug-likeness (QED) is 0.602. The van der Waals surface area contributed by atoms with Gasteiger partial charge < -0.3 is 16.4 Å². The molecular formula is C14H21N3O2. The second-order valence-electron chi connectivity index (χ2n) is 4.22. The van der Waals surface area contributed by atoms with Crippen molar-refractivity contribution < 1.29 is 9.59 Å². The van der Waals surface area contributed by atoms with Crippen molar-refractivity contribution in [2.45, 2.75) is 19.3 Å². The Bertz CT molecular complexity index is 393. The first-order valence-corrected chi connectivity index (χ1v) is 6.54. The number of hydrogen-bond donors (Lipinski definition) is 3. The van der Waals surface area contributed by atoms with Gasteiger partial charge in [-0.1, -0.05) is 18.2 Å². The van der Waals surface area contributed by atoms with Crippen LogP contribution in [-0.2, 0) is 4.79 Å². The van der Waals surface area contributed by atoms with Crippen LogP contribution in [0.25, 0.3) is 0 Å². The van der Waals surface area contributed by atoms with E-state index in [1.165, 1.54) is 0 Å². The fourth-order valence-electron chi connectivity index (χ4n) is 1.56. The predicted octanol–water partition coefficient (Wildman–Crippen LogP) is 0.662. The number of nitrogens with one attached hydrogen (secondary N) is 2. The minimum atomic E-state index is -0.107. The van der Waals surface area contributed by atoms with Gasteiger partial charge in [0, 0.05) is 25.1 Å². The molecule has 0 spiro atoms. The Morgan fingerprint density at radius 3 is 2.37 bits per heavy atom. The van der Waals surface area contributed by atoms with Crippen molar-refractivity contribution in [3.05, 3.63) is 35.9 Å². The largest absolute Gasteiger partial charge is 0.356 e. The van der Waals surface area contributed by atoms with Crippen LogP contribution in [0.5, 0.6) is 0 Å². The molecule has 4 N–H and O–H groups in total. The monoisotopic (exact) mass is 263 g/mol. The Morgan fingerprint density at radius 2 is 1.68 bits per heavy atom. The standard InChI is InChI=1S/C14H21N3O2/c15-9-5-11-16-13(18)8-4-10-17-14(19)12-6-2-1-3-7-12/h1-3,6-7H,4-5,8-11,15H2,(H,16,18)(H,17,19). The average molecular weight is 263 g/mol. The predicted molar refractivity (Wildman–Crippen MR) is 74.7 cm³/mol. The minimum absolute atomic E-state index is 0.00223. The highest BCUT2D eigenvalue weighted by molar-refractivity contribution is 5.94. The van der Waals surface area contributed by atoms with E-state index in [2.05, 4.69) is 10.6 Å². The number of hydrogen-bond acceptors (Lipinski definition) is 3. The lowest BCUT2D eigenvalue weighted by Crippen LogP contribution is -2.28. The SMILES string of the molecule is NCCCNC(=O)CCCNC(=O)c1ccccc1. The fraction of sp³-hybridized carbons (Fsp3) is 0.429. The summed E-state index contributed by atoms with van der Waals surface area (Å²) < 4.78 is 0. The maximum Gasteiger partial charge on any atom is 0.251 e. The molecule has 0 saturated carbocycles. The maximum atomic E-state index is 11.7. The third kappa shape index (κ3) is 6.57. The zero-order valence-electron chi connectivity index (χ0n) is 11.0. The lowest BCUT2D eigenvalue weighted by atomic mass is 10.2. The molecule has 104 valence electrons. The van der Waals surface area contributed by atoms with Crippen LogP contribution in [0.1, 0.15) is 29.6 Å². The van der Waals surface area contributed by atoms with Crippen LogP contribution in [-0.4, -0.2) is 31.4 Å². The van der Waals surface area contributed by atoms with Gasteiger partial charge in [-0.3, -0.25) is 9.59 Å². The van der Waals surface area contributed by atoms with Gasteiger partial charge in [0.1, 0.15) is 0 Å². The van der Waals surface area contributed by atoms with Crippen molar-refractivity contribution in [2.75, 3.05) is 19.6 Å². The molecule has 5 nitrogen and oxygen atoms in total. The number of carbonyl (C=O) groups excluding carboxylic acids is 2. The summed E-state index contributed by atoms with van der Waals surface area (Å²) in [5.74, 6) is -0.105. The lowest BCUT2D eigenvalue weighted by molar-refractivity contribution is -0.121. The zero-order valence-corrected chi connectivity index (χ0v) is 11.0. The van der Waals surface area contributed by atoms with Crippen molar-refractivity contribution in [1.29, 1.82) is 0 Å². The summed E-state index contributed by atoms with van der Waals surface area (Å²) in [6.07, 6.45) is 1.84. The molecule has 0 radical (unpaired) electrons. The first-order valence-electron chi connectivity index (χ1n) is 6.54. The second kappa shape index (κ2) is 9.10. The summed E-state index contributed by atoms with van der Waals surface area (Å²) in [6.45, 7) is 1.69. The molecule has 0 heterocycles. The first kappa shape index (κ1) is 15.2. The molecule has 0 aliphatic heterocycles. The molecular weight excluding hydrogens is 242 g/mol. The van der Waals surface area contributed by atoms with E-state index in [0.29, 0.717) is 38.0 Å². The van der Waals surface area contributed by atoms with Gasteiger partial charge in [0.15, 0.2) is 0 Å². The normalized spacial score (nSPS) is 9.95. The number of nitrogens with two attached hydrogens (primary N) is 1. The Balaban J connectivity index is 2.11. The zero-order chi connectivity index (χ0) is 13.9. The Hall–Kier alpha value is -1.88. The van der Waals surface area contributed by atoms with Gasteiger partial charge in [-0.2, -0.15) is 0 Å². The van der Waals surface area contributed by atoms with Crippen LogP contribution < -0.4 is 16.4 Å². The highest BCUT2D eigenvalue weighted by Gasteiger charge is 2.04. The first-order chi connectivity index (χ1) is 9.24. The molecule has 0 saturated heterocycles. The molecule has 1 aromatic carbocycles. The van der Waals surface area contributed by atoms with E-state index in [1.54, 1.807) is 12.1 Å². The summed E-state index contributed by atoms with van der Waals surface area (Å²) in [5.41, 5.74) is 5.96. The van der Waals surface area contributed by atoms with Crippen molar-refractivity contribution in [1.82, 2.24) is 10.6 Å². The molecule has 0 bridgehead atoms. The summed E-state index contributed by atoms with van der Waals surface area (Å²) in [4.78, 5) is 23.0. The molecule has 1 aromatic rings. The van der Waals surface area contributed by atoms with Crippen molar-refractivity contribution >= 4 is 11.8 Å². The number of benzene rings is 1. The van der Waals surface area contributed by atoms with Crippen LogP contribution in [0.2, 0.25) is 0 Å². The van der Waals surface area contributed by atoms with E-state index in [9.17, 15) is 9.59 Å². The van der Waals surface area contributed by atoms with E-state index in [0.717, 1.165) is 6.42 Å². The maximum absolute atomic E-state index is 11.7. The summed E-state index contributed by atoms with van der Waals surface area (Å²) in [6, 6.07) is 9.02. The van der Waals surface area contributed by atoms with Crippen LogP contribution >= 0.6 is 0 Å². The number of amides is 2. The van der Waals surface area contributed by atoms with Crippen molar-refractivity contribution in [2.24, 2.45) is 5.73 Å².